The minimum Gasteiger partial charge on any atom is -0.443 e. The van der Waals surface area contributed by atoms with Crippen molar-refractivity contribution in [3.63, 3.8) is 0 Å². The zero-order valence-corrected chi connectivity index (χ0v) is 15.9. The minimum atomic E-state index is -4.66. The molecule has 0 heterocycles. The van der Waals surface area contributed by atoms with E-state index >= 15 is 0 Å². The van der Waals surface area contributed by atoms with E-state index in [4.69, 9.17) is 9.47 Å². The Bertz CT molecular complexity index is 600. The van der Waals surface area contributed by atoms with E-state index in [9.17, 15) is 18.0 Å². The number of ether oxygens (including phenoxy) is 2. The van der Waals surface area contributed by atoms with E-state index in [0.29, 0.717) is 5.56 Å². The van der Waals surface area contributed by atoms with Crippen molar-refractivity contribution in [3.8, 4) is 0 Å². The van der Waals surface area contributed by atoms with Gasteiger partial charge in [0.05, 0.1) is 13.2 Å². The monoisotopic (exact) mass is 388 g/mol. The molecule has 5 nitrogen and oxygen atoms in total. The lowest BCUT2D eigenvalue weighted by Crippen LogP contribution is -2.57. The Morgan fingerprint density at radius 1 is 1.19 bits per heavy atom. The highest BCUT2D eigenvalue weighted by atomic mass is 19.4. The van der Waals surface area contributed by atoms with Crippen LogP contribution in [-0.2, 0) is 16.1 Å². The Morgan fingerprint density at radius 2 is 1.81 bits per heavy atom. The van der Waals surface area contributed by atoms with Gasteiger partial charge in [0.1, 0.15) is 5.60 Å². The van der Waals surface area contributed by atoms with E-state index < -0.39 is 30.0 Å². The molecule has 0 bridgehead atoms. The fraction of sp³-hybridized carbons (Fsp3) is 0.526. The molecule has 0 unspecified atom stereocenters. The van der Waals surface area contributed by atoms with Crippen LogP contribution in [0.3, 0.4) is 0 Å². The first-order valence-corrected chi connectivity index (χ1v) is 8.56. The molecule has 1 atom stereocenters. The van der Waals surface area contributed by atoms with Crippen LogP contribution < -0.4 is 10.9 Å². The molecule has 1 aromatic carbocycles. The van der Waals surface area contributed by atoms with Crippen LogP contribution in [0.25, 0.3) is 0 Å². The van der Waals surface area contributed by atoms with Gasteiger partial charge in [0.2, 0.25) is 0 Å². The maximum absolute atomic E-state index is 13.9. The first-order valence-electron chi connectivity index (χ1n) is 8.56. The van der Waals surface area contributed by atoms with Crippen LogP contribution >= 0.6 is 0 Å². The minimum absolute atomic E-state index is 0.0996. The van der Waals surface area contributed by atoms with Crippen molar-refractivity contribution in [1.82, 2.24) is 10.9 Å². The van der Waals surface area contributed by atoms with Gasteiger partial charge in [-0.2, -0.15) is 13.2 Å². The lowest BCUT2D eigenvalue weighted by Gasteiger charge is -2.36. The number of nitrogens with one attached hydrogen (secondary N) is 2. The topological polar surface area (TPSA) is 59.6 Å². The summed E-state index contributed by atoms with van der Waals surface area (Å²) in [7, 11) is 0. The van der Waals surface area contributed by atoms with Gasteiger partial charge in [-0.1, -0.05) is 36.4 Å². The van der Waals surface area contributed by atoms with Gasteiger partial charge >= 0.3 is 12.3 Å². The smallest absolute Gasteiger partial charge is 0.422 e. The summed E-state index contributed by atoms with van der Waals surface area (Å²) in [5, 5.41) is 0. The number of halogens is 3. The number of amides is 1. The molecule has 0 radical (unpaired) electrons. The van der Waals surface area contributed by atoms with Crippen molar-refractivity contribution >= 4 is 6.09 Å². The van der Waals surface area contributed by atoms with E-state index in [1.54, 1.807) is 51.1 Å². The number of hydrazine groups is 1. The van der Waals surface area contributed by atoms with Crippen LogP contribution in [0.1, 0.15) is 39.2 Å². The molecule has 0 aliphatic carbocycles. The van der Waals surface area contributed by atoms with Gasteiger partial charge in [-0.25, -0.2) is 10.2 Å². The second-order valence-electron chi connectivity index (χ2n) is 7.07. The summed E-state index contributed by atoms with van der Waals surface area (Å²) >= 11 is 0. The van der Waals surface area contributed by atoms with Crippen molar-refractivity contribution in [2.45, 2.75) is 57.6 Å². The number of carbonyl (C=O) groups is 1. The molecule has 152 valence electrons. The number of allylic oxidation sites excluding steroid dienone is 1. The quantitative estimate of drug-likeness (QED) is 0.483. The Morgan fingerprint density at radius 3 is 2.33 bits per heavy atom. The third kappa shape index (κ3) is 8.01. The molecule has 0 saturated heterocycles. The van der Waals surface area contributed by atoms with Crippen molar-refractivity contribution in [3.05, 3.63) is 48.6 Å². The maximum Gasteiger partial charge on any atom is 0.422 e. The molecule has 1 aromatic rings. The third-order valence-electron chi connectivity index (χ3n) is 3.59. The van der Waals surface area contributed by atoms with E-state index in [0.717, 1.165) is 0 Å². The fourth-order valence-electron chi connectivity index (χ4n) is 2.23. The number of carbonyl (C=O) groups excluding carboxylic acids is 1. The molecule has 1 rings (SSSR count). The summed E-state index contributed by atoms with van der Waals surface area (Å²) < 4.78 is 51.9. The van der Waals surface area contributed by atoms with E-state index in [1.807, 2.05) is 0 Å². The summed E-state index contributed by atoms with van der Waals surface area (Å²) in [5.41, 5.74) is 1.78. The molecule has 0 aromatic heterocycles. The number of benzene rings is 1. The summed E-state index contributed by atoms with van der Waals surface area (Å²) in [5.74, 6) is 0. The number of rotatable bonds is 9. The average molecular weight is 388 g/mol. The zero-order valence-electron chi connectivity index (χ0n) is 15.9. The summed E-state index contributed by atoms with van der Waals surface area (Å²) in [6.45, 7) is 7.55. The predicted octanol–water partition coefficient (Wildman–Crippen LogP) is 4.50. The first-order chi connectivity index (χ1) is 12.5. The first kappa shape index (κ1) is 23.0. The Kier molecular flexibility index (Phi) is 8.30. The van der Waals surface area contributed by atoms with Gasteiger partial charge < -0.3 is 9.47 Å². The zero-order chi connectivity index (χ0) is 20.6. The lowest BCUT2D eigenvalue weighted by molar-refractivity contribution is -0.282. The molecule has 0 saturated carbocycles. The van der Waals surface area contributed by atoms with Crippen molar-refractivity contribution in [1.29, 1.82) is 0 Å². The van der Waals surface area contributed by atoms with Crippen LogP contribution in [0.5, 0.6) is 0 Å². The van der Waals surface area contributed by atoms with Crippen molar-refractivity contribution < 1.29 is 27.4 Å². The molecule has 0 aliphatic heterocycles. The molecule has 27 heavy (non-hydrogen) atoms. The number of alkyl halides is 3. The van der Waals surface area contributed by atoms with Crippen molar-refractivity contribution in [2.24, 2.45) is 0 Å². The van der Waals surface area contributed by atoms with Gasteiger partial charge in [0.25, 0.3) is 0 Å². The third-order valence-corrected chi connectivity index (χ3v) is 3.59. The molecule has 0 fully saturated rings. The highest BCUT2D eigenvalue weighted by molar-refractivity contribution is 5.66. The normalized spacial score (nSPS) is 14.3. The van der Waals surface area contributed by atoms with Gasteiger partial charge in [0, 0.05) is 0 Å². The summed E-state index contributed by atoms with van der Waals surface area (Å²) in [6, 6.07) is 8.58. The van der Waals surface area contributed by atoms with E-state index in [2.05, 4.69) is 17.4 Å². The van der Waals surface area contributed by atoms with Gasteiger partial charge in [-0.3, -0.25) is 5.43 Å². The molecule has 2 N–H and O–H groups in total. The summed E-state index contributed by atoms with van der Waals surface area (Å²) in [4.78, 5) is 11.7. The summed E-state index contributed by atoms with van der Waals surface area (Å²) in [6.07, 6.45) is -4.37. The lowest BCUT2D eigenvalue weighted by atomic mass is 9.96. The second kappa shape index (κ2) is 9.75. The molecule has 0 aliphatic rings. The Hall–Kier alpha value is -2.06. The highest BCUT2D eigenvalue weighted by Crippen LogP contribution is 2.38. The van der Waals surface area contributed by atoms with E-state index in [-0.39, 0.29) is 19.4 Å². The van der Waals surface area contributed by atoms with Crippen LogP contribution in [0.15, 0.2) is 43.0 Å². The average Bonchev–Trinajstić information content (AvgIpc) is 2.55. The van der Waals surface area contributed by atoms with Crippen molar-refractivity contribution in [2.75, 3.05) is 6.54 Å². The standard InChI is InChI=1S/C19H27F3N2O3/c1-5-6-12-18(19(20,21)22,26-13-15-10-8-7-9-11-15)14-23-24-16(25)27-17(2,3)4/h5,7-11,23H,1,6,12-14H2,2-4H3,(H,24,25)/t18-/m1/s1. The maximum atomic E-state index is 13.9. The molecule has 8 heteroatoms. The number of hydrogen-bond acceptors (Lipinski definition) is 4. The molecule has 0 spiro atoms. The highest BCUT2D eigenvalue weighted by Gasteiger charge is 2.55. The van der Waals surface area contributed by atoms with Gasteiger partial charge in [0.15, 0.2) is 5.60 Å². The Balaban J connectivity index is 2.84. The fourth-order valence-corrected chi connectivity index (χ4v) is 2.23. The number of hydrogen-bond donors (Lipinski definition) is 2. The largest absolute Gasteiger partial charge is 0.443 e. The molecular formula is C19H27F3N2O3. The SMILES string of the molecule is C=CCC[C@](CNNC(=O)OC(C)(C)C)(OCc1ccccc1)C(F)(F)F. The van der Waals surface area contributed by atoms with Crippen LogP contribution in [0.4, 0.5) is 18.0 Å². The van der Waals surface area contributed by atoms with Crippen LogP contribution in [0.2, 0.25) is 0 Å². The van der Waals surface area contributed by atoms with Gasteiger partial charge in [-0.15, -0.1) is 6.58 Å². The van der Waals surface area contributed by atoms with Crippen LogP contribution in [0, 0.1) is 0 Å². The van der Waals surface area contributed by atoms with Crippen LogP contribution in [-0.4, -0.2) is 30.0 Å². The second-order valence-corrected chi connectivity index (χ2v) is 7.07. The predicted molar refractivity (Wildman–Crippen MR) is 96.8 cm³/mol. The van der Waals surface area contributed by atoms with Gasteiger partial charge in [-0.05, 0) is 39.2 Å². The van der Waals surface area contributed by atoms with E-state index in [1.165, 1.54) is 6.08 Å². The molecular weight excluding hydrogens is 361 g/mol. The molecule has 1 amide bonds. The Labute approximate surface area is 157 Å².